The van der Waals surface area contributed by atoms with Gasteiger partial charge in [0.25, 0.3) is 0 Å². The number of nitrogens with zero attached hydrogens (tertiary/aromatic N) is 1. The van der Waals surface area contributed by atoms with Crippen LogP contribution in [0.1, 0.15) is 36.8 Å². The zero-order chi connectivity index (χ0) is 13.5. The molecular weight excluding hydrogens is 245 g/mol. The quantitative estimate of drug-likeness (QED) is 0.889. The molecular formula is C15H16FNO2. The van der Waals surface area contributed by atoms with Crippen molar-refractivity contribution in [2.24, 2.45) is 0 Å². The maximum Gasteiger partial charge on any atom is 0.129 e. The Bertz CT molecular complexity index is 525. The topological polar surface area (TPSA) is 53.2 Å². The molecule has 19 heavy (non-hydrogen) atoms. The van der Waals surface area contributed by atoms with Gasteiger partial charge in [0.2, 0.25) is 0 Å². The second kappa shape index (κ2) is 4.59. The van der Waals surface area contributed by atoms with Gasteiger partial charge in [0.05, 0.1) is 30.3 Å². The largest absolute Gasteiger partial charge is 0.385 e. The number of rotatable bonds is 2. The van der Waals surface area contributed by atoms with Crippen LogP contribution in [-0.2, 0) is 16.8 Å². The van der Waals surface area contributed by atoms with Crippen molar-refractivity contribution in [3.8, 4) is 6.07 Å². The molecule has 2 aliphatic rings. The van der Waals surface area contributed by atoms with Crippen LogP contribution < -0.4 is 0 Å². The van der Waals surface area contributed by atoms with Gasteiger partial charge in [-0.3, -0.25) is 0 Å². The first kappa shape index (κ1) is 12.6. The lowest BCUT2D eigenvalue weighted by Crippen LogP contribution is -2.39. The average molecular weight is 261 g/mol. The minimum Gasteiger partial charge on any atom is -0.385 e. The summed E-state index contributed by atoms with van der Waals surface area (Å²) in [5.41, 5.74) is -0.0915. The number of aliphatic hydroxyl groups is 1. The molecule has 2 fully saturated rings. The lowest BCUT2D eigenvalue weighted by Gasteiger charge is -2.37. The van der Waals surface area contributed by atoms with Gasteiger partial charge < -0.3 is 9.84 Å². The second-order valence-electron chi connectivity index (χ2n) is 5.55. The van der Waals surface area contributed by atoms with Crippen LogP contribution in [0.2, 0.25) is 0 Å². The third kappa shape index (κ3) is 2.24. The van der Waals surface area contributed by atoms with E-state index >= 15 is 0 Å². The SMILES string of the molecule is N#CCc1ccc(F)c(C2(O)CC3CCC(C2)O3)c1. The number of hydrogen-bond donors (Lipinski definition) is 1. The smallest absolute Gasteiger partial charge is 0.129 e. The van der Waals surface area contributed by atoms with Crippen LogP contribution in [0.15, 0.2) is 18.2 Å². The molecule has 0 amide bonds. The van der Waals surface area contributed by atoms with E-state index in [1.54, 1.807) is 12.1 Å². The lowest BCUT2D eigenvalue weighted by atomic mass is 9.82. The molecule has 2 aliphatic heterocycles. The fourth-order valence-electron chi connectivity index (χ4n) is 3.27. The van der Waals surface area contributed by atoms with Crippen molar-refractivity contribution < 1.29 is 14.2 Å². The molecule has 0 radical (unpaired) electrons. The average Bonchev–Trinajstić information content (AvgIpc) is 2.72. The molecule has 3 rings (SSSR count). The number of halogens is 1. The Labute approximate surface area is 111 Å². The minimum atomic E-state index is -1.15. The molecule has 2 heterocycles. The van der Waals surface area contributed by atoms with E-state index < -0.39 is 11.4 Å². The van der Waals surface area contributed by atoms with E-state index in [1.165, 1.54) is 6.07 Å². The van der Waals surface area contributed by atoms with Crippen LogP contribution in [0.3, 0.4) is 0 Å². The normalized spacial score (nSPS) is 33.1. The third-order valence-electron chi connectivity index (χ3n) is 4.14. The van der Waals surface area contributed by atoms with Crippen LogP contribution in [0.5, 0.6) is 0 Å². The maximum absolute atomic E-state index is 14.0. The van der Waals surface area contributed by atoms with E-state index in [1.807, 2.05) is 6.07 Å². The fraction of sp³-hybridized carbons (Fsp3) is 0.533. The summed E-state index contributed by atoms with van der Waals surface area (Å²) < 4.78 is 19.7. The maximum atomic E-state index is 14.0. The highest BCUT2D eigenvalue weighted by Gasteiger charge is 2.45. The first-order chi connectivity index (χ1) is 9.10. The molecule has 2 saturated heterocycles. The van der Waals surface area contributed by atoms with Crippen molar-refractivity contribution in [2.75, 3.05) is 0 Å². The van der Waals surface area contributed by atoms with Crippen LogP contribution in [0.25, 0.3) is 0 Å². The van der Waals surface area contributed by atoms with Crippen LogP contribution in [0.4, 0.5) is 4.39 Å². The Hall–Kier alpha value is -1.44. The molecule has 1 N–H and O–H groups in total. The summed E-state index contributed by atoms with van der Waals surface area (Å²) in [4.78, 5) is 0. The van der Waals surface area contributed by atoms with Gasteiger partial charge in [0.15, 0.2) is 0 Å². The summed E-state index contributed by atoms with van der Waals surface area (Å²) in [6, 6.07) is 6.62. The minimum absolute atomic E-state index is 0.0303. The van der Waals surface area contributed by atoms with E-state index in [4.69, 9.17) is 10.00 Å². The van der Waals surface area contributed by atoms with Gasteiger partial charge in [-0.1, -0.05) is 6.07 Å². The molecule has 4 heteroatoms. The zero-order valence-electron chi connectivity index (χ0n) is 10.6. The van der Waals surface area contributed by atoms with Gasteiger partial charge in [-0.05, 0) is 30.5 Å². The second-order valence-corrected chi connectivity index (χ2v) is 5.55. The van der Waals surface area contributed by atoms with Crippen molar-refractivity contribution in [3.63, 3.8) is 0 Å². The molecule has 100 valence electrons. The number of fused-ring (bicyclic) bond motifs is 2. The number of ether oxygens (including phenoxy) is 1. The number of hydrogen-bond acceptors (Lipinski definition) is 3. The zero-order valence-corrected chi connectivity index (χ0v) is 10.6. The molecule has 2 bridgehead atoms. The molecule has 0 aromatic heterocycles. The Morgan fingerprint density at radius 1 is 1.37 bits per heavy atom. The molecule has 0 spiro atoms. The van der Waals surface area contributed by atoms with E-state index in [0.29, 0.717) is 18.4 Å². The summed E-state index contributed by atoms with van der Waals surface area (Å²) in [5, 5.41) is 19.5. The Balaban J connectivity index is 1.96. The number of benzene rings is 1. The predicted octanol–water partition coefficient (Wildman–Crippen LogP) is 2.42. The Morgan fingerprint density at radius 3 is 2.68 bits per heavy atom. The van der Waals surface area contributed by atoms with Gasteiger partial charge in [-0.25, -0.2) is 4.39 Å². The first-order valence-electron chi connectivity index (χ1n) is 6.64. The molecule has 0 aliphatic carbocycles. The fourth-order valence-corrected chi connectivity index (χ4v) is 3.27. The van der Waals surface area contributed by atoms with Crippen molar-refractivity contribution in [3.05, 3.63) is 35.1 Å². The van der Waals surface area contributed by atoms with Crippen molar-refractivity contribution in [1.29, 1.82) is 5.26 Å². The molecule has 2 unspecified atom stereocenters. The van der Waals surface area contributed by atoms with E-state index in [-0.39, 0.29) is 18.6 Å². The molecule has 2 atom stereocenters. The standard InChI is InChI=1S/C15H16FNO2/c16-14-4-1-10(5-6-17)7-13(14)15(18)8-11-2-3-12(9-15)19-11/h1,4,7,11-12,18H,2-3,5,8-9H2. The van der Waals surface area contributed by atoms with Crippen molar-refractivity contribution >= 4 is 0 Å². The molecule has 3 nitrogen and oxygen atoms in total. The summed E-state index contributed by atoms with van der Waals surface area (Å²) in [6.07, 6.45) is 3.05. The highest BCUT2D eigenvalue weighted by molar-refractivity contribution is 5.32. The van der Waals surface area contributed by atoms with Crippen LogP contribution in [0, 0.1) is 17.1 Å². The molecule has 0 saturated carbocycles. The predicted molar refractivity (Wildman–Crippen MR) is 66.7 cm³/mol. The van der Waals surface area contributed by atoms with Crippen LogP contribution >= 0.6 is 0 Å². The summed E-state index contributed by atoms with van der Waals surface area (Å²) >= 11 is 0. The van der Waals surface area contributed by atoms with E-state index in [2.05, 4.69) is 0 Å². The molecule has 1 aromatic rings. The first-order valence-corrected chi connectivity index (χ1v) is 6.64. The third-order valence-corrected chi connectivity index (χ3v) is 4.14. The highest BCUT2D eigenvalue weighted by atomic mass is 19.1. The Kier molecular flexibility index (Phi) is 3.04. The van der Waals surface area contributed by atoms with Gasteiger partial charge in [0.1, 0.15) is 5.82 Å². The monoisotopic (exact) mass is 261 g/mol. The van der Waals surface area contributed by atoms with Crippen molar-refractivity contribution in [1.82, 2.24) is 0 Å². The summed E-state index contributed by atoms with van der Waals surface area (Å²) in [5.74, 6) is -0.398. The van der Waals surface area contributed by atoms with Gasteiger partial charge >= 0.3 is 0 Å². The molecule has 1 aromatic carbocycles. The summed E-state index contributed by atoms with van der Waals surface area (Å²) in [7, 11) is 0. The van der Waals surface area contributed by atoms with E-state index in [0.717, 1.165) is 18.4 Å². The summed E-state index contributed by atoms with van der Waals surface area (Å²) in [6.45, 7) is 0. The van der Waals surface area contributed by atoms with Crippen molar-refractivity contribution in [2.45, 2.75) is 49.9 Å². The van der Waals surface area contributed by atoms with E-state index in [9.17, 15) is 9.50 Å². The Morgan fingerprint density at radius 2 is 2.05 bits per heavy atom. The van der Waals surface area contributed by atoms with Crippen LogP contribution in [-0.4, -0.2) is 17.3 Å². The van der Waals surface area contributed by atoms with Gasteiger partial charge in [-0.15, -0.1) is 0 Å². The van der Waals surface area contributed by atoms with Gasteiger partial charge in [0, 0.05) is 18.4 Å². The van der Waals surface area contributed by atoms with Gasteiger partial charge in [-0.2, -0.15) is 5.26 Å². The lowest BCUT2D eigenvalue weighted by molar-refractivity contribution is -0.116. The number of nitriles is 1. The highest BCUT2D eigenvalue weighted by Crippen LogP contribution is 2.44.